The molecule has 4 aromatic rings. The number of hydrogen-bond acceptors (Lipinski definition) is 1. The Bertz CT molecular complexity index is 1520. The number of benzene rings is 4. The van der Waals surface area contributed by atoms with Gasteiger partial charge in [-0.05, 0) is 12.1 Å². The molecule has 0 saturated carbocycles. The van der Waals surface area contributed by atoms with E-state index < -0.39 is 115 Å². The van der Waals surface area contributed by atoms with Crippen molar-refractivity contribution in [3.63, 3.8) is 0 Å². The molecular formula is C25H8BF15N-. The largest absolute Gasteiger partial charge is 0.388 e. The van der Waals surface area contributed by atoms with Crippen molar-refractivity contribution in [2.45, 2.75) is 0 Å². The van der Waals surface area contributed by atoms with Gasteiger partial charge in [-0.15, -0.1) is 16.4 Å². The van der Waals surface area contributed by atoms with Crippen LogP contribution in [0.25, 0.3) is 0 Å². The highest BCUT2D eigenvalue weighted by atomic mass is 19.2. The summed E-state index contributed by atoms with van der Waals surface area (Å²) in [5, 5.41) is 2.42. The second kappa shape index (κ2) is 10.5. The Morgan fingerprint density at radius 3 is 0.786 bits per heavy atom. The van der Waals surface area contributed by atoms with Gasteiger partial charge in [0.1, 0.15) is 41.0 Å². The molecule has 0 fully saturated rings. The van der Waals surface area contributed by atoms with E-state index in [4.69, 9.17) is 0 Å². The lowest BCUT2D eigenvalue weighted by atomic mass is 9.12. The number of rotatable bonds is 5. The maximum Gasteiger partial charge on any atom is 0.200 e. The summed E-state index contributed by atoms with van der Waals surface area (Å²) in [6, 6.07) is 2.33. The maximum atomic E-state index is 15.5. The zero-order valence-electron chi connectivity index (χ0n) is 20.1. The van der Waals surface area contributed by atoms with E-state index >= 15 is 26.3 Å². The molecule has 0 aliphatic heterocycles. The fourth-order valence-corrected chi connectivity index (χ4v) is 4.88. The summed E-state index contributed by atoms with van der Waals surface area (Å²) in [4.78, 5) is 0. The van der Waals surface area contributed by atoms with Gasteiger partial charge in [0.25, 0.3) is 0 Å². The SMILES string of the molecule is CNc1ccc([B-](c2c(F)c(F)c(F)c(F)c2F)(c2c(F)c(F)c(F)c(F)c2F)c2c(F)c(F)c(F)c(F)c2F)cc1. The highest BCUT2D eigenvalue weighted by Crippen LogP contribution is 2.28. The van der Waals surface area contributed by atoms with E-state index in [0.29, 0.717) is 12.1 Å². The molecule has 222 valence electrons. The van der Waals surface area contributed by atoms with Gasteiger partial charge in [-0.3, -0.25) is 0 Å². The van der Waals surface area contributed by atoms with Crippen LogP contribution in [-0.4, -0.2) is 13.2 Å². The molecule has 0 aliphatic carbocycles. The first-order chi connectivity index (χ1) is 19.6. The van der Waals surface area contributed by atoms with Crippen molar-refractivity contribution in [2.75, 3.05) is 12.4 Å². The van der Waals surface area contributed by atoms with E-state index in [9.17, 15) is 39.5 Å². The van der Waals surface area contributed by atoms with E-state index in [0.717, 1.165) is 12.1 Å². The molecule has 1 nitrogen and oxygen atoms in total. The predicted octanol–water partition coefficient (Wildman–Crippen LogP) is 5.19. The third-order valence-electron chi connectivity index (χ3n) is 6.73. The van der Waals surface area contributed by atoms with E-state index in [1.807, 2.05) is 0 Å². The molecule has 0 radical (unpaired) electrons. The normalized spacial score (nSPS) is 11.8. The lowest BCUT2D eigenvalue weighted by molar-refractivity contribution is 0.380. The summed E-state index contributed by atoms with van der Waals surface area (Å²) >= 11 is 0. The van der Waals surface area contributed by atoms with Crippen LogP contribution in [0.4, 0.5) is 71.5 Å². The van der Waals surface area contributed by atoms with E-state index in [1.165, 1.54) is 7.05 Å². The van der Waals surface area contributed by atoms with Crippen molar-refractivity contribution in [1.29, 1.82) is 0 Å². The third kappa shape index (κ3) is 4.00. The van der Waals surface area contributed by atoms with Crippen LogP contribution in [0.5, 0.6) is 0 Å². The van der Waals surface area contributed by atoms with Gasteiger partial charge in [0.05, 0.1) is 0 Å². The van der Waals surface area contributed by atoms with Gasteiger partial charge in [0, 0.05) is 12.7 Å². The molecule has 0 heterocycles. The monoisotopic (exact) mass is 618 g/mol. The van der Waals surface area contributed by atoms with Gasteiger partial charge in [-0.1, -0.05) is 12.1 Å². The van der Waals surface area contributed by atoms with Gasteiger partial charge >= 0.3 is 0 Å². The summed E-state index contributed by atoms with van der Waals surface area (Å²) < 4.78 is 222. The number of halogens is 15. The first kappa shape index (κ1) is 30.6. The van der Waals surface area contributed by atoms with Crippen LogP contribution in [0, 0.1) is 87.3 Å². The van der Waals surface area contributed by atoms with Crippen molar-refractivity contribution >= 4 is 33.7 Å². The molecule has 0 aliphatic rings. The highest BCUT2D eigenvalue weighted by Gasteiger charge is 2.48. The average Bonchev–Trinajstić information content (AvgIpc) is 2.98. The molecule has 0 saturated heterocycles. The summed E-state index contributed by atoms with van der Waals surface area (Å²) in [5.74, 6) is -45.6. The minimum absolute atomic E-state index is 0.0457. The quantitative estimate of drug-likeness (QED) is 0.141. The Hall–Kier alpha value is -4.31. The molecule has 4 rings (SSSR count). The van der Waals surface area contributed by atoms with Crippen molar-refractivity contribution in [3.8, 4) is 0 Å². The van der Waals surface area contributed by atoms with E-state index in [2.05, 4.69) is 5.32 Å². The average molecular weight is 618 g/mol. The lowest BCUT2D eigenvalue weighted by Crippen LogP contribution is -2.79. The smallest absolute Gasteiger partial charge is 0.200 e. The molecule has 17 heteroatoms. The van der Waals surface area contributed by atoms with Crippen molar-refractivity contribution in [1.82, 2.24) is 0 Å². The van der Waals surface area contributed by atoms with Gasteiger partial charge in [0.2, 0.25) is 0 Å². The predicted molar refractivity (Wildman–Crippen MR) is 119 cm³/mol. The Morgan fingerprint density at radius 2 is 0.571 bits per heavy atom. The van der Waals surface area contributed by atoms with Crippen LogP contribution in [0.15, 0.2) is 24.3 Å². The zero-order valence-corrected chi connectivity index (χ0v) is 20.1. The summed E-state index contributed by atoms with van der Waals surface area (Å²) in [7, 11) is 1.23. The topological polar surface area (TPSA) is 12.0 Å². The number of anilines is 1. The Balaban J connectivity index is 2.54. The molecule has 0 atom stereocenters. The maximum absolute atomic E-state index is 15.5. The van der Waals surface area contributed by atoms with Crippen LogP contribution in [-0.2, 0) is 0 Å². The van der Waals surface area contributed by atoms with Crippen molar-refractivity contribution in [3.05, 3.63) is 112 Å². The minimum atomic E-state index is -5.77. The van der Waals surface area contributed by atoms with Gasteiger partial charge in [-0.2, -0.15) is 5.46 Å². The van der Waals surface area contributed by atoms with Gasteiger partial charge in [0.15, 0.2) is 52.4 Å². The molecule has 0 amide bonds. The summed E-state index contributed by atoms with van der Waals surface area (Å²) in [6.45, 7) is 0. The second-order valence-corrected chi connectivity index (χ2v) is 8.69. The highest BCUT2D eigenvalue weighted by molar-refractivity contribution is 7.20. The molecule has 0 bridgehead atoms. The Morgan fingerprint density at radius 1 is 0.357 bits per heavy atom. The fraction of sp³-hybridized carbons (Fsp3) is 0.0400. The summed E-state index contributed by atoms with van der Waals surface area (Å²) in [5.41, 5.74) is -9.51. The molecule has 1 N–H and O–H groups in total. The van der Waals surface area contributed by atoms with Crippen LogP contribution in [0.1, 0.15) is 0 Å². The molecular weight excluding hydrogens is 610 g/mol. The minimum Gasteiger partial charge on any atom is -0.388 e. The molecule has 0 unspecified atom stereocenters. The Labute approximate surface area is 224 Å². The van der Waals surface area contributed by atoms with Crippen molar-refractivity contribution < 1.29 is 65.9 Å². The molecule has 42 heavy (non-hydrogen) atoms. The second-order valence-electron chi connectivity index (χ2n) is 8.69. The number of nitrogens with one attached hydrogen (secondary N) is 1. The number of hydrogen-bond donors (Lipinski definition) is 1. The third-order valence-corrected chi connectivity index (χ3v) is 6.73. The van der Waals surface area contributed by atoms with E-state index in [1.54, 1.807) is 0 Å². The molecule has 4 aromatic carbocycles. The van der Waals surface area contributed by atoms with Crippen LogP contribution < -0.4 is 27.2 Å². The van der Waals surface area contributed by atoms with Crippen molar-refractivity contribution in [2.24, 2.45) is 0 Å². The Kier molecular flexibility index (Phi) is 7.67. The zero-order chi connectivity index (χ0) is 31.6. The standard InChI is InChI=1S/C25H8BF15N/c1-42-7-4-2-6(3-5-7)26(8-11(27)17(33)23(39)18(34)12(8)28,9-13(29)19(35)24(40)20(36)14(9)30)10-15(31)21(37)25(41)22(38)16(10)32/h2-5,42H,1H3/q-1. The van der Waals surface area contributed by atoms with Crippen LogP contribution in [0.3, 0.4) is 0 Å². The van der Waals surface area contributed by atoms with Gasteiger partial charge < -0.3 is 5.32 Å². The van der Waals surface area contributed by atoms with Gasteiger partial charge in [-0.25, -0.2) is 65.9 Å². The summed E-state index contributed by atoms with van der Waals surface area (Å²) in [6.07, 6.45) is -5.77. The first-order valence-corrected chi connectivity index (χ1v) is 11.1. The van der Waals surface area contributed by atoms with Crippen LogP contribution in [0.2, 0.25) is 0 Å². The molecule has 0 aromatic heterocycles. The first-order valence-electron chi connectivity index (χ1n) is 11.1. The van der Waals surface area contributed by atoms with Crippen LogP contribution >= 0.6 is 0 Å². The molecule has 0 spiro atoms. The lowest BCUT2D eigenvalue weighted by Gasteiger charge is -2.44. The van der Waals surface area contributed by atoms with E-state index in [-0.39, 0.29) is 5.69 Å². The fourth-order valence-electron chi connectivity index (χ4n) is 4.88.